The van der Waals surface area contributed by atoms with Crippen LogP contribution in [0.15, 0.2) is 69.8 Å². The van der Waals surface area contributed by atoms with Gasteiger partial charge in [-0.15, -0.1) is 0 Å². The van der Waals surface area contributed by atoms with E-state index in [1.165, 1.54) is 11.1 Å². The normalized spacial score (nSPS) is 19.3. The average molecular weight is 399 g/mol. The van der Waals surface area contributed by atoms with Crippen LogP contribution in [-0.2, 0) is 16.0 Å². The van der Waals surface area contributed by atoms with E-state index < -0.39 is 12.1 Å². The maximum Gasteiger partial charge on any atom is 0.338 e. The van der Waals surface area contributed by atoms with Gasteiger partial charge in [0, 0.05) is 6.42 Å². The standard InChI is InChI=1S/C25H34O4/c1-18(8-5-9-19(2)11-7-13-22-14-15-28-17-22)10-6-12-20(3)16-23-24(26)21(4)25(27)29-23/h6,9-10,12,14-15,17-18,23,26H,5,7-8,11,13,16H2,1-4H3/b10-6+,19-9+,20-12+. The first-order valence-electron chi connectivity index (χ1n) is 10.5. The topological polar surface area (TPSA) is 59.7 Å². The highest BCUT2D eigenvalue weighted by Crippen LogP contribution is 2.25. The van der Waals surface area contributed by atoms with E-state index in [4.69, 9.17) is 9.15 Å². The van der Waals surface area contributed by atoms with Crippen LogP contribution < -0.4 is 0 Å². The highest BCUT2D eigenvalue weighted by atomic mass is 16.6. The number of esters is 1. The third-order valence-corrected chi connectivity index (χ3v) is 5.30. The minimum Gasteiger partial charge on any atom is -0.508 e. The van der Waals surface area contributed by atoms with Crippen LogP contribution in [0.4, 0.5) is 0 Å². The van der Waals surface area contributed by atoms with E-state index in [0.717, 1.165) is 37.7 Å². The second kappa shape index (κ2) is 11.5. The van der Waals surface area contributed by atoms with E-state index in [1.54, 1.807) is 13.2 Å². The van der Waals surface area contributed by atoms with Crippen molar-refractivity contribution < 1.29 is 19.1 Å². The number of hydrogen-bond donors (Lipinski definition) is 1. The first kappa shape index (κ1) is 22.8. The molecule has 2 rings (SSSR count). The Labute approximate surface area is 174 Å². The molecule has 0 aromatic carbocycles. The fourth-order valence-electron chi connectivity index (χ4n) is 3.32. The van der Waals surface area contributed by atoms with Crippen LogP contribution in [0, 0.1) is 5.92 Å². The molecule has 0 amide bonds. The maximum atomic E-state index is 11.5. The summed E-state index contributed by atoms with van der Waals surface area (Å²) in [6.45, 7) is 8.01. The summed E-state index contributed by atoms with van der Waals surface area (Å²) in [7, 11) is 0. The average Bonchev–Trinajstić information content (AvgIpc) is 3.27. The minimum atomic E-state index is -0.536. The van der Waals surface area contributed by atoms with Crippen molar-refractivity contribution >= 4 is 5.97 Å². The van der Waals surface area contributed by atoms with Gasteiger partial charge >= 0.3 is 5.97 Å². The summed E-state index contributed by atoms with van der Waals surface area (Å²) < 4.78 is 10.3. The van der Waals surface area contributed by atoms with E-state index in [-0.39, 0.29) is 5.76 Å². The second-order valence-electron chi connectivity index (χ2n) is 8.10. The molecular formula is C25H34O4. The molecule has 0 saturated carbocycles. The Morgan fingerprint density at radius 3 is 2.76 bits per heavy atom. The molecule has 1 aromatic heterocycles. The molecule has 2 unspecified atom stereocenters. The van der Waals surface area contributed by atoms with Crippen molar-refractivity contribution in [2.75, 3.05) is 0 Å². The van der Waals surface area contributed by atoms with Crippen molar-refractivity contribution in [1.29, 1.82) is 0 Å². The Morgan fingerprint density at radius 1 is 1.31 bits per heavy atom. The zero-order chi connectivity index (χ0) is 21.2. The van der Waals surface area contributed by atoms with Crippen LogP contribution in [-0.4, -0.2) is 17.2 Å². The van der Waals surface area contributed by atoms with Crippen LogP contribution in [0.5, 0.6) is 0 Å². The fraction of sp³-hybridized carbons (Fsp3) is 0.480. The third-order valence-electron chi connectivity index (χ3n) is 5.30. The van der Waals surface area contributed by atoms with Crippen molar-refractivity contribution in [3.05, 3.63) is 70.9 Å². The summed E-state index contributed by atoms with van der Waals surface area (Å²) in [6.07, 6.45) is 17.7. The number of cyclic esters (lactones) is 1. The van der Waals surface area contributed by atoms with Crippen LogP contribution in [0.25, 0.3) is 0 Å². The van der Waals surface area contributed by atoms with Crippen LogP contribution in [0.1, 0.15) is 65.4 Å². The zero-order valence-electron chi connectivity index (χ0n) is 18.1. The molecule has 0 fully saturated rings. The summed E-state index contributed by atoms with van der Waals surface area (Å²) >= 11 is 0. The molecule has 2 heterocycles. The van der Waals surface area contributed by atoms with Crippen molar-refractivity contribution in [1.82, 2.24) is 0 Å². The molecule has 0 radical (unpaired) electrons. The van der Waals surface area contributed by atoms with Gasteiger partial charge in [-0.05, 0) is 70.4 Å². The summed E-state index contributed by atoms with van der Waals surface area (Å²) in [6, 6.07) is 2.03. The van der Waals surface area contributed by atoms with Gasteiger partial charge in [-0.3, -0.25) is 0 Å². The molecule has 0 aliphatic carbocycles. The highest BCUT2D eigenvalue weighted by molar-refractivity contribution is 5.91. The highest BCUT2D eigenvalue weighted by Gasteiger charge is 2.31. The molecule has 0 bridgehead atoms. The summed E-state index contributed by atoms with van der Waals surface area (Å²) in [5.41, 5.74) is 4.11. The number of carbonyl (C=O) groups is 1. The molecule has 4 nitrogen and oxygen atoms in total. The zero-order valence-corrected chi connectivity index (χ0v) is 18.1. The summed E-state index contributed by atoms with van der Waals surface area (Å²) in [5.74, 6) is 0.134. The monoisotopic (exact) mass is 398 g/mol. The third kappa shape index (κ3) is 7.80. The van der Waals surface area contributed by atoms with Gasteiger partial charge in [0.1, 0.15) is 5.76 Å². The van der Waals surface area contributed by atoms with Gasteiger partial charge in [0.05, 0.1) is 18.1 Å². The Bertz CT molecular complexity index is 778. The Morgan fingerprint density at radius 2 is 2.10 bits per heavy atom. The first-order valence-corrected chi connectivity index (χ1v) is 10.5. The van der Waals surface area contributed by atoms with E-state index in [0.29, 0.717) is 17.9 Å². The lowest BCUT2D eigenvalue weighted by Crippen LogP contribution is -2.11. The van der Waals surface area contributed by atoms with Crippen molar-refractivity contribution in [2.24, 2.45) is 5.92 Å². The number of hydrogen-bond acceptors (Lipinski definition) is 4. The summed E-state index contributed by atoms with van der Waals surface area (Å²) in [5, 5.41) is 9.91. The largest absolute Gasteiger partial charge is 0.508 e. The van der Waals surface area contributed by atoms with Crippen molar-refractivity contribution in [3.8, 4) is 0 Å². The van der Waals surface area contributed by atoms with E-state index in [1.807, 2.05) is 25.3 Å². The number of aliphatic hydroxyl groups is 1. The van der Waals surface area contributed by atoms with Crippen LogP contribution in [0.3, 0.4) is 0 Å². The molecule has 1 aliphatic heterocycles. The Kier molecular flexibility index (Phi) is 9.04. The van der Waals surface area contributed by atoms with Gasteiger partial charge in [-0.25, -0.2) is 4.79 Å². The predicted molar refractivity (Wildman–Crippen MR) is 117 cm³/mol. The van der Waals surface area contributed by atoms with E-state index in [9.17, 15) is 9.90 Å². The first-order chi connectivity index (χ1) is 13.9. The lowest BCUT2D eigenvalue weighted by Gasteiger charge is -2.10. The molecule has 1 N–H and O–H groups in total. The molecule has 4 heteroatoms. The van der Waals surface area contributed by atoms with Crippen LogP contribution >= 0.6 is 0 Å². The fourth-order valence-corrected chi connectivity index (χ4v) is 3.32. The number of rotatable bonds is 11. The lowest BCUT2D eigenvalue weighted by molar-refractivity contribution is -0.140. The molecule has 1 aliphatic rings. The smallest absolute Gasteiger partial charge is 0.338 e. The molecule has 29 heavy (non-hydrogen) atoms. The number of carbonyl (C=O) groups excluding carboxylic acids is 1. The lowest BCUT2D eigenvalue weighted by atomic mass is 10.0. The maximum absolute atomic E-state index is 11.5. The van der Waals surface area contributed by atoms with Crippen molar-refractivity contribution in [2.45, 2.75) is 72.3 Å². The molecule has 1 aromatic rings. The number of aliphatic hydroxyl groups excluding tert-OH is 1. The van der Waals surface area contributed by atoms with E-state index in [2.05, 4.69) is 32.1 Å². The molecular weight excluding hydrogens is 364 g/mol. The van der Waals surface area contributed by atoms with Crippen LogP contribution in [0.2, 0.25) is 0 Å². The van der Waals surface area contributed by atoms with Gasteiger partial charge in [0.25, 0.3) is 0 Å². The van der Waals surface area contributed by atoms with Gasteiger partial charge in [-0.2, -0.15) is 0 Å². The number of aryl methyl sites for hydroxylation is 1. The quantitative estimate of drug-likeness (QED) is 0.259. The molecule has 0 spiro atoms. The second-order valence-corrected chi connectivity index (χ2v) is 8.10. The Balaban J connectivity index is 1.66. The molecule has 158 valence electrons. The van der Waals surface area contributed by atoms with Gasteiger partial charge in [0.2, 0.25) is 0 Å². The number of allylic oxidation sites excluding steroid dienone is 5. The SMILES string of the molecule is CC1=C(O)C(C/C(C)=C/C=C/C(C)CC/C=C(\C)CCCc2ccoc2)OC1=O. The van der Waals surface area contributed by atoms with Gasteiger partial charge in [-0.1, -0.05) is 42.4 Å². The Hall–Kier alpha value is -2.49. The van der Waals surface area contributed by atoms with E-state index >= 15 is 0 Å². The minimum absolute atomic E-state index is 0.0621. The molecule has 2 atom stereocenters. The van der Waals surface area contributed by atoms with Gasteiger partial charge in [0.15, 0.2) is 6.10 Å². The van der Waals surface area contributed by atoms with Crippen molar-refractivity contribution in [3.63, 3.8) is 0 Å². The predicted octanol–water partition coefficient (Wildman–Crippen LogP) is 6.61. The van der Waals surface area contributed by atoms with Gasteiger partial charge < -0.3 is 14.3 Å². The number of ether oxygens (including phenoxy) is 1. The number of furan rings is 1. The molecule has 0 saturated heterocycles. The summed E-state index contributed by atoms with van der Waals surface area (Å²) in [4.78, 5) is 11.5.